The number of thioether (sulfide) groups is 1. The fourth-order valence-electron chi connectivity index (χ4n) is 4.16. The SMILES string of the molecule is Cc1ccc(-n2ncc3c(=O)n4c(nc32)SCC4CC(=O)Nc2ccc(Cl)c([N+](=O)[O-])c2)c(C)c1. The Morgan fingerprint density at radius 3 is 2.83 bits per heavy atom. The van der Waals surface area contributed by atoms with Gasteiger partial charge in [0, 0.05) is 23.9 Å². The number of rotatable bonds is 5. The summed E-state index contributed by atoms with van der Waals surface area (Å²) in [5.74, 6) is 0.123. The third-order valence-electron chi connectivity index (χ3n) is 5.80. The second kappa shape index (κ2) is 8.82. The summed E-state index contributed by atoms with van der Waals surface area (Å²) >= 11 is 7.23. The molecule has 178 valence electrons. The van der Waals surface area contributed by atoms with Crippen molar-refractivity contribution in [1.82, 2.24) is 19.3 Å². The Balaban J connectivity index is 1.43. The predicted octanol–water partition coefficient (Wildman–Crippen LogP) is 4.44. The first-order chi connectivity index (χ1) is 16.7. The van der Waals surface area contributed by atoms with Crippen LogP contribution in [0.4, 0.5) is 11.4 Å². The number of carbonyl (C=O) groups is 1. The second-order valence-corrected chi connectivity index (χ2v) is 9.69. The lowest BCUT2D eigenvalue weighted by molar-refractivity contribution is -0.384. The van der Waals surface area contributed by atoms with Crippen molar-refractivity contribution in [2.24, 2.45) is 0 Å². The van der Waals surface area contributed by atoms with Crippen molar-refractivity contribution < 1.29 is 9.72 Å². The number of halogens is 1. The molecule has 1 N–H and O–H groups in total. The molecule has 1 aliphatic rings. The van der Waals surface area contributed by atoms with Gasteiger partial charge in [0.25, 0.3) is 11.2 Å². The zero-order valence-electron chi connectivity index (χ0n) is 18.7. The Bertz CT molecular complexity index is 1580. The van der Waals surface area contributed by atoms with Gasteiger partial charge in [0.2, 0.25) is 5.91 Å². The first-order valence-corrected chi connectivity index (χ1v) is 12.0. The number of amides is 1. The molecule has 1 aliphatic heterocycles. The molecular weight excluding hydrogens is 492 g/mol. The van der Waals surface area contributed by atoms with Gasteiger partial charge < -0.3 is 5.32 Å². The first-order valence-electron chi connectivity index (χ1n) is 10.7. The lowest BCUT2D eigenvalue weighted by atomic mass is 10.1. The monoisotopic (exact) mass is 510 g/mol. The number of nitro benzene ring substituents is 1. The van der Waals surface area contributed by atoms with Crippen LogP contribution in [-0.4, -0.2) is 35.9 Å². The summed E-state index contributed by atoms with van der Waals surface area (Å²) in [6.07, 6.45) is 1.51. The molecule has 0 aliphatic carbocycles. The van der Waals surface area contributed by atoms with Gasteiger partial charge in [-0.15, -0.1) is 0 Å². The fraction of sp³-hybridized carbons (Fsp3) is 0.217. The number of hydrogen-bond acceptors (Lipinski definition) is 7. The van der Waals surface area contributed by atoms with E-state index in [1.165, 1.54) is 40.7 Å². The molecule has 3 heterocycles. The van der Waals surface area contributed by atoms with E-state index in [0.717, 1.165) is 16.8 Å². The van der Waals surface area contributed by atoms with Crippen LogP contribution in [0.2, 0.25) is 5.02 Å². The first kappa shape index (κ1) is 23.1. The maximum absolute atomic E-state index is 13.3. The number of fused-ring (bicyclic) bond motifs is 2. The third-order valence-corrected chi connectivity index (χ3v) is 7.22. The van der Waals surface area contributed by atoms with Gasteiger partial charge in [-0.25, -0.2) is 9.67 Å². The molecule has 0 bridgehead atoms. The molecule has 35 heavy (non-hydrogen) atoms. The Hall–Kier alpha value is -3.70. The zero-order chi connectivity index (χ0) is 24.9. The standard InChI is InChI=1S/C23H19ClN6O4S/c1-12-3-6-18(13(2)7-12)29-21-16(10-25-29)22(32)28-15(11-35-23(28)27-21)9-20(31)26-14-4-5-17(24)19(8-14)30(33)34/h3-8,10,15H,9,11H2,1-2H3,(H,26,31). The molecule has 1 unspecified atom stereocenters. The van der Waals surface area contributed by atoms with Crippen LogP contribution in [-0.2, 0) is 4.79 Å². The van der Waals surface area contributed by atoms with Gasteiger partial charge in [-0.2, -0.15) is 5.10 Å². The average Bonchev–Trinajstić information content (AvgIpc) is 3.40. The zero-order valence-corrected chi connectivity index (χ0v) is 20.3. The lowest BCUT2D eigenvalue weighted by Crippen LogP contribution is -2.27. The second-order valence-electron chi connectivity index (χ2n) is 8.29. The van der Waals surface area contributed by atoms with Gasteiger partial charge in [-0.3, -0.25) is 24.3 Å². The van der Waals surface area contributed by atoms with E-state index < -0.39 is 11.0 Å². The molecule has 1 atom stereocenters. The highest BCUT2D eigenvalue weighted by Crippen LogP contribution is 2.34. The van der Waals surface area contributed by atoms with Crippen molar-refractivity contribution in [3.05, 3.63) is 79.2 Å². The van der Waals surface area contributed by atoms with Gasteiger partial charge in [0.05, 0.1) is 22.8 Å². The number of carbonyl (C=O) groups excluding carboxylic acids is 1. The van der Waals surface area contributed by atoms with Crippen LogP contribution < -0.4 is 10.9 Å². The number of benzene rings is 2. The predicted molar refractivity (Wildman–Crippen MR) is 134 cm³/mol. The fourth-order valence-corrected chi connectivity index (χ4v) is 5.47. The minimum absolute atomic E-state index is 0.00866. The minimum atomic E-state index is -0.614. The largest absolute Gasteiger partial charge is 0.326 e. The van der Waals surface area contributed by atoms with E-state index in [0.29, 0.717) is 21.9 Å². The van der Waals surface area contributed by atoms with Crippen LogP contribution in [0.15, 0.2) is 52.5 Å². The number of aromatic nitrogens is 4. The van der Waals surface area contributed by atoms with E-state index in [9.17, 15) is 19.7 Å². The minimum Gasteiger partial charge on any atom is -0.326 e. The van der Waals surface area contributed by atoms with E-state index in [2.05, 4.69) is 10.4 Å². The summed E-state index contributed by atoms with van der Waals surface area (Å²) in [5, 5.41) is 19.0. The maximum Gasteiger partial charge on any atom is 0.289 e. The van der Waals surface area contributed by atoms with Gasteiger partial charge >= 0.3 is 0 Å². The van der Waals surface area contributed by atoms with Crippen LogP contribution in [0.3, 0.4) is 0 Å². The summed E-state index contributed by atoms with van der Waals surface area (Å²) in [5.41, 5.74) is 3.16. The highest BCUT2D eigenvalue weighted by molar-refractivity contribution is 7.99. The van der Waals surface area contributed by atoms with Crippen molar-refractivity contribution in [3.8, 4) is 5.69 Å². The molecule has 0 radical (unpaired) electrons. The summed E-state index contributed by atoms with van der Waals surface area (Å²) < 4.78 is 3.20. The van der Waals surface area contributed by atoms with E-state index in [-0.39, 0.29) is 34.3 Å². The molecule has 1 amide bonds. The normalized spacial score (nSPS) is 14.8. The van der Waals surface area contributed by atoms with E-state index in [1.807, 2.05) is 32.0 Å². The lowest BCUT2D eigenvalue weighted by Gasteiger charge is -2.14. The Kier molecular flexibility index (Phi) is 5.81. The number of nitro groups is 1. The molecule has 4 aromatic rings. The van der Waals surface area contributed by atoms with E-state index >= 15 is 0 Å². The highest BCUT2D eigenvalue weighted by Gasteiger charge is 2.30. The van der Waals surface area contributed by atoms with Crippen molar-refractivity contribution in [1.29, 1.82) is 0 Å². The summed E-state index contributed by atoms with van der Waals surface area (Å²) in [7, 11) is 0. The van der Waals surface area contributed by atoms with Crippen molar-refractivity contribution in [3.63, 3.8) is 0 Å². The van der Waals surface area contributed by atoms with Crippen LogP contribution in [0.5, 0.6) is 0 Å². The Morgan fingerprint density at radius 1 is 1.29 bits per heavy atom. The molecule has 0 saturated carbocycles. The van der Waals surface area contributed by atoms with Crippen molar-refractivity contribution in [2.45, 2.75) is 31.5 Å². The molecule has 2 aromatic heterocycles. The summed E-state index contributed by atoms with van der Waals surface area (Å²) in [6.45, 7) is 3.99. The maximum atomic E-state index is 13.3. The topological polar surface area (TPSA) is 125 Å². The van der Waals surface area contributed by atoms with E-state index in [4.69, 9.17) is 16.6 Å². The molecule has 0 fully saturated rings. The quantitative estimate of drug-likeness (QED) is 0.239. The van der Waals surface area contributed by atoms with Crippen LogP contribution >= 0.6 is 23.4 Å². The number of nitrogens with one attached hydrogen (secondary N) is 1. The van der Waals surface area contributed by atoms with Gasteiger partial charge in [-0.05, 0) is 37.6 Å². The smallest absolute Gasteiger partial charge is 0.289 e. The van der Waals surface area contributed by atoms with Crippen LogP contribution in [0.25, 0.3) is 16.7 Å². The molecule has 2 aromatic carbocycles. The molecule has 0 spiro atoms. The Labute approximate surface area is 208 Å². The third kappa shape index (κ3) is 4.17. The molecule has 0 saturated heterocycles. The van der Waals surface area contributed by atoms with Gasteiger partial charge in [-0.1, -0.05) is 41.1 Å². The number of hydrogen-bond donors (Lipinski definition) is 1. The molecule has 10 nitrogen and oxygen atoms in total. The number of aryl methyl sites for hydroxylation is 2. The van der Waals surface area contributed by atoms with Gasteiger partial charge in [0.1, 0.15) is 10.4 Å². The van der Waals surface area contributed by atoms with Crippen molar-refractivity contribution >= 4 is 51.7 Å². The van der Waals surface area contributed by atoms with Crippen molar-refractivity contribution in [2.75, 3.05) is 11.1 Å². The Morgan fingerprint density at radius 2 is 2.09 bits per heavy atom. The highest BCUT2D eigenvalue weighted by atomic mass is 35.5. The number of anilines is 1. The van der Waals surface area contributed by atoms with Crippen LogP contribution in [0.1, 0.15) is 23.6 Å². The van der Waals surface area contributed by atoms with Gasteiger partial charge in [0.15, 0.2) is 10.8 Å². The molecule has 12 heteroatoms. The molecule has 5 rings (SSSR count). The summed E-state index contributed by atoms with van der Waals surface area (Å²) in [6, 6.07) is 9.61. The van der Waals surface area contributed by atoms with E-state index in [1.54, 1.807) is 4.68 Å². The molecular formula is C23H19ClN6O4S. The average molecular weight is 511 g/mol. The summed E-state index contributed by atoms with van der Waals surface area (Å²) in [4.78, 5) is 41.2. The van der Waals surface area contributed by atoms with Crippen LogP contribution in [0, 0.1) is 24.0 Å². The number of nitrogens with zero attached hydrogens (tertiary/aromatic N) is 5.